The van der Waals surface area contributed by atoms with Gasteiger partial charge in [-0.05, 0) is 24.0 Å². The summed E-state index contributed by atoms with van der Waals surface area (Å²) in [6.45, 7) is 5.76. The number of carbonyl (C=O) groups excluding carboxylic acids is 1. The molecule has 0 bridgehead atoms. The minimum absolute atomic E-state index is 0.107. The minimum atomic E-state index is -0.133. The number of para-hydroxylation sites is 1. The molecule has 0 saturated carbocycles. The zero-order valence-electron chi connectivity index (χ0n) is 10.2. The van der Waals surface area contributed by atoms with E-state index in [1.807, 2.05) is 0 Å². The Hall–Kier alpha value is -1.71. The maximum absolute atomic E-state index is 12.2. The van der Waals surface area contributed by atoms with Gasteiger partial charge in [-0.25, -0.2) is 0 Å². The van der Waals surface area contributed by atoms with Gasteiger partial charge in [0.2, 0.25) is 0 Å². The van der Waals surface area contributed by atoms with Crippen LogP contribution in [0, 0.1) is 11.8 Å². The quantitative estimate of drug-likeness (QED) is 0.574. The van der Waals surface area contributed by atoms with Crippen molar-refractivity contribution in [2.45, 2.75) is 13.8 Å². The Morgan fingerprint density at radius 3 is 2.53 bits per heavy atom. The first-order chi connectivity index (χ1) is 8.00. The third kappa shape index (κ3) is 2.07. The molecule has 0 aromatic heterocycles. The number of anilines is 1. The second-order valence-corrected chi connectivity index (χ2v) is 4.91. The number of hydrogen-bond donors (Lipinski definition) is 2. The van der Waals surface area contributed by atoms with Crippen LogP contribution < -0.4 is 5.73 Å². The van der Waals surface area contributed by atoms with Gasteiger partial charge in [-0.2, -0.15) is 0 Å². The number of nitrogens with zero attached hydrogens (tertiary/aromatic N) is 1. The highest BCUT2D eigenvalue weighted by Gasteiger charge is 2.31. The second kappa shape index (κ2) is 4.28. The Kier molecular flexibility index (Phi) is 2.96. The normalized spacial score (nSPS) is 24.0. The van der Waals surface area contributed by atoms with E-state index in [4.69, 9.17) is 5.73 Å². The zero-order valence-corrected chi connectivity index (χ0v) is 10.2. The summed E-state index contributed by atoms with van der Waals surface area (Å²) in [5.41, 5.74) is 6.13. The van der Waals surface area contributed by atoms with Crippen LogP contribution in [0.15, 0.2) is 18.2 Å². The maximum Gasteiger partial charge on any atom is 0.257 e. The van der Waals surface area contributed by atoms with E-state index in [2.05, 4.69) is 13.8 Å². The van der Waals surface area contributed by atoms with Crippen molar-refractivity contribution < 1.29 is 9.90 Å². The highest BCUT2D eigenvalue weighted by molar-refractivity contribution is 5.98. The number of carbonyl (C=O) groups is 1. The lowest BCUT2D eigenvalue weighted by atomic mass is 10.0. The summed E-state index contributed by atoms with van der Waals surface area (Å²) in [6.07, 6.45) is 0. The van der Waals surface area contributed by atoms with Gasteiger partial charge in [0, 0.05) is 13.1 Å². The molecule has 2 atom stereocenters. The maximum atomic E-state index is 12.2. The molecule has 1 aromatic carbocycles. The molecule has 0 spiro atoms. The van der Waals surface area contributed by atoms with E-state index in [0.717, 1.165) is 13.1 Å². The van der Waals surface area contributed by atoms with E-state index in [9.17, 15) is 9.90 Å². The topological polar surface area (TPSA) is 66.6 Å². The number of phenols is 1. The predicted molar refractivity (Wildman–Crippen MR) is 66.8 cm³/mol. The van der Waals surface area contributed by atoms with Gasteiger partial charge in [0.1, 0.15) is 0 Å². The van der Waals surface area contributed by atoms with Crippen LogP contribution in [0.1, 0.15) is 24.2 Å². The molecule has 4 nitrogen and oxygen atoms in total. The van der Waals surface area contributed by atoms with Crippen LogP contribution in [0.2, 0.25) is 0 Å². The van der Waals surface area contributed by atoms with Gasteiger partial charge in [-0.15, -0.1) is 0 Å². The van der Waals surface area contributed by atoms with E-state index < -0.39 is 0 Å². The lowest BCUT2D eigenvalue weighted by Gasteiger charge is -2.17. The lowest BCUT2D eigenvalue weighted by Crippen LogP contribution is -2.29. The fourth-order valence-electron chi connectivity index (χ4n) is 2.20. The average Bonchev–Trinajstić information content (AvgIpc) is 2.62. The summed E-state index contributed by atoms with van der Waals surface area (Å²) in [5, 5.41) is 9.79. The Balaban J connectivity index is 2.24. The molecule has 1 fully saturated rings. The van der Waals surface area contributed by atoms with Gasteiger partial charge in [-0.3, -0.25) is 4.79 Å². The van der Waals surface area contributed by atoms with Crippen molar-refractivity contribution in [2.24, 2.45) is 11.8 Å². The summed E-state index contributed by atoms with van der Waals surface area (Å²) in [5.74, 6) is 0.764. The number of benzene rings is 1. The third-order valence-corrected chi connectivity index (χ3v) is 3.57. The number of phenolic OH excluding ortho intramolecular Hbond substituents is 1. The standard InChI is InChI=1S/C13H18N2O2/c1-8-6-15(7-9(8)2)13(17)10-4-3-5-11(14)12(10)16/h3-5,8-9,16H,6-7,14H2,1-2H3. The number of amides is 1. The van der Waals surface area contributed by atoms with Gasteiger partial charge in [0.25, 0.3) is 5.91 Å². The van der Waals surface area contributed by atoms with Crippen molar-refractivity contribution in [1.82, 2.24) is 4.90 Å². The van der Waals surface area contributed by atoms with Crippen LogP contribution in [0.3, 0.4) is 0 Å². The van der Waals surface area contributed by atoms with E-state index in [1.165, 1.54) is 0 Å². The molecule has 2 rings (SSSR count). The van der Waals surface area contributed by atoms with Gasteiger partial charge in [0.05, 0.1) is 11.3 Å². The molecule has 1 aliphatic heterocycles. The fraction of sp³-hybridized carbons (Fsp3) is 0.462. The third-order valence-electron chi connectivity index (χ3n) is 3.57. The fourth-order valence-corrected chi connectivity index (χ4v) is 2.20. The minimum Gasteiger partial charge on any atom is -0.505 e. The van der Waals surface area contributed by atoms with Crippen LogP contribution in [0.4, 0.5) is 5.69 Å². The van der Waals surface area contributed by atoms with Crippen LogP contribution in [-0.4, -0.2) is 29.0 Å². The predicted octanol–water partition coefficient (Wildman–Crippen LogP) is 1.70. The number of hydrogen-bond acceptors (Lipinski definition) is 3. The van der Waals surface area contributed by atoms with Gasteiger partial charge < -0.3 is 15.7 Å². The molecule has 1 aliphatic rings. The molecule has 4 heteroatoms. The molecule has 0 radical (unpaired) electrons. The molecule has 1 saturated heterocycles. The molecule has 1 aromatic rings. The SMILES string of the molecule is CC1CN(C(=O)c2cccc(N)c2O)CC1C. The first-order valence-electron chi connectivity index (χ1n) is 5.87. The highest BCUT2D eigenvalue weighted by atomic mass is 16.3. The molecule has 1 amide bonds. The van der Waals surface area contributed by atoms with Crippen LogP contribution in [0.25, 0.3) is 0 Å². The van der Waals surface area contributed by atoms with Crippen LogP contribution in [0.5, 0.6) is 5.75 Å². The molecule has 17 heavy (non-hydrogen) atoms. The summed E-state index contributed by atoms with van der Waals surface area (Å²) >= 11 is 0. The molecule has 0 aliphatic carbocycles. The Labute approximate surface area is 101 Å². The van der Waals surface area contributed by atoms with Crippen molar-refractivity contribution in [3.63, 3.8) is 0 Å². The number of nitrogens with two attached hydrogens (primary N) is 1. The summed E-state index contributed by atoms with van der Waals surface area (Å²) in [7, 11) is 0. The molecule has 3 N–H and O–H groups in total. The summed E-state index contributed by atoms with van der Waals surface area (Å²) < 4.78 is 0. The van der Waals surface area contributed by atoms with Crippen molar-refractivity contribution in [1.29, 1.82) is 0 Å². The first kappa shape index (κ1) is 11.8. The molecule has 92 valence electrons. The van der Waals surface area contributed by atoms with Gasteiger partial charge in [0.15, 0.2) is 5.75 Å². The van der Waals surface area contributed by atoms with E-state index in [0.29, 0.717) is 17.4 Å². The Morgan fingerprint density at radius 1 is 1.35 bits per heavy atom. The molecule has 1 heterocycles. The zero-order chi connectivity index (χ0) is 12.6. The number of aromatic hydroxyl groups is 1. The van der Waals surface area contributed by atoms with Crippen molar-refractivity contribution in [3.8, 4) is 5.75 Å². The average molecular weight is 234 g/mol. The van der Waals surface area contributed by atoms with E-state index in [-0.39, 0.29) is 17.3 Å². The summed E-state index contributed by atoms with van der Waals surface area (Å²) in [4.78, 5) is 14.0. The molecule has 2 unspecified atom stereocenters. The molecular formula is C13H18N2O2. The summed E-state index contributed by atoms with van der Waals surface area (Å²) in [6, 6.07) is 4.88. The van der Waals surface area contributed by atoms with E-state index in [1.54, 1.807) is 23.1 Å². The lowest BCUT2D eigenvalue weighted by molar-refractivity contribution is 0.0782. The number of rotatable bonds is 1. The number of likely N-dealkylation sites (tertiary alicyclic amines) is 1. The van der Waals surface area contributed by atoms with Crippen LogP contribution in [-0.2, 0) is 0 Å². The Bertz CT molecular complexity index is 435. The van der Waals surface area contributed by atoms with Gasteiger partial charge in [-0.1, -0.05) is 19.9 Å². The van der Waals surface area contributed by atoms with Crippen molar-refractivity contribution in [3.05, 3.63) is 23.8 Å². The molecular weight excluding hydrogens is 216 g/mol. The first-order valence-corrected chi connectivity index (χ1v) is 5.87. The Morgan fingerprint density at radius 2 is 1.94 bits per heavy atom. The van der Waals surface area contributed by atoms with E-state index >= 15 is 0 Å². The monoisotopic (exact) mass is 234 g/mol. The van der Waals surface area contributed by atoms with Crippen molar-refractivity contribution >= 4 is 11.6 Å². The largest absolute Gasteiger partial charge is 0.505 e. The van der Waals surface area contributed by atoms with Crippen molar-refractivity contribution in [2.75, 3.05) is 18.8 Å². The second-order valence-electron chi connectivity index (χ2n) is 4.91. The smallest absolute Gasteiger partial charge is 0.257 e. The van der Waals surface area contributed by atoms with Gasteiger partial charge >= 0.3 is 0 Å². The van der Waals surface area contributed by atoms with Crippen LogP contribution >= 0.6 is 0 Å². The number of nitrogen functional groups attached to an aromatic ring is 1. The highest BCUT2D eigenvalue weighted by Crippen LogP contribution is 2.29.